The second-order valence-electron chi connectivity index (χ2n) is 7.06. The fourth-order valence-corrected chi connectivity index (χ4v) is 2.58. The lowest BCUT2D eigenvalue weighted by atomic mass is 9.94. The van der Waals surface area contributed by atoms with Gasteiger partial charge in [0.05, 0.1) is 0 Å². The predicted molar refractivity (Wildman–Crippen MR) is 89.9 cm³/mol. The molecule has 0 bridgehead atoms. The fraction of sp³-hybridized carbons (Fsp3) is 0.824. The third kappa shape index (κ3) is 5.22. The number of carbonyl (C=O) groups excluding carboxylic acids is 3. The van der Waals surface area contributed by atoms with Gasteiger partial charge < -0.3 is 10.6 Å². The van der Waals surface area contributed by atoms with Gasteiger partial charge in [0.2, 0.25) is 5.91 Å². The quantitative estimate of drug-likeness (QED) is 0.505. The normalized spacial score (nSPS) is 22.4. The molecule has 6 heteroatoms. The van der Waals surface area contributed by atoms with Crippen molar-refractivity contribution < 1.29 is 14.4 Å². The monoisotopic (exact) mass is 325 g/mol. The highest BCUT2D eigenvalue weighted by Crippen LogP contribution is 2.23. The Bertz CT molecular complexity index is 450. The van der Waals surface area contributed by atoms with Gasteiger partial charge in [-0.25, -0.2) is 4.79 Å². The van der Waals surface area contributed by atoms with Crippen molar-refractivity contribution in [1.82, 2.24) is 15.5 Å². The summed E-state index contributed by atoms with van der Waals surface area (Å²) in [6.45, 7) is 9.58. The van der Waals surface area contributed by atoms with Crippen molar-refractivity contribution in [1.29, 1.82) is 0 Å². The van der Waals surface area contributed by atoms with E-state index in [9.17, 15) is 14.4 Å². The molecule has 1 saturated heterocycles. The molecule has 0 spiro atoms. The van der Waals surface area contributed by atoms with Gasteiger partial charge in [-0.15, -0.1) is 0 Å². The topological polar surface area (TPSA) is 78.5 Å². The van der Waals surface area contributed by atoms with Crippen LogP contribution in [0.25, 0.3) is 0 Å². The van der Waals surface area contributed by atoms with Gasteiger partial charge >= 0.3 is 6.03 Å². The fourth-order valence-electron chi connectivity index (χ4n) is 2.58. The van der Waals surface area contributed by atoms with Crippen LogP contribution < -0.4 is 10.6 Å². The highest BCUT2D eigenvalue weighted by Gasteiger charge is 2.47. The van der Waals surface area contributed by atoms with E-state index in [1.54, 1.807) is 6.92 Å². The minimum atomic E-state index is -0.880. The Hall–Kier alpha value is -1.59. The van der Waals surface area contributed by atoms with Crippen LogP contribution in [-0.4, -0.2) is 40.9 Å². The van der Waals surface area contributed by atoms with Gasteiger partial charge in [-0.2, -0.15) is 0 Å². The number of unbranched alkanes of at least 4 members (excludes halogenated alkanes) is 3. The molecule has 1 aliphatic rings. The van der Waals surface area contributed by atoms with Crippen molar-refractivity contribution in [2.75, 3.05) is 6.54 Å². The van der Waals surface area contributed by atoms with Gasteiger partial charge in [-0.05, 0) is 26.2 Å². The molecule has 1 aliphatic heterocycles. The molecular formula is C17H31N3O3. The first kappa shape index (κ1) is 19.5. The number of urea groups is 1. The molecule has 2 N–H and O–H groups in total. The lowest BCUT2D eigenvalue weighted by molar-refractivity contribution is -0.135. The summed E-state index contributed by atoms with van der Waals surface area (Å²) in [6.07, 6.45) is 4.79. The standard InChI is InChI=1S/C17H31N3O3/c1-6-7-8-9-10-17(5)15(22)20(16(23)19-17)11-14(21)18-13(4)12(2)3/h12-13H,6-11H2,1-5H3,(H,18,21)(H,19,23). The van der Waals surface area contributed by atoms with Crippen molar-refractivity contribution in [2.24, 2.45) is 5.92 Å². The first-order valence-corrected chi connectivity index (χ1v) is 8.64. The maximum atomic E-state index is 12.5. The summed E-state index contributed by atoms with van der Waals surface area (Å²) >= 11 is 0. The van der Waals surface area contributed by atoms with Crippen LogP contribution in [-0.2, 0) is 9.59 Å². The molecule has 1 fully saturated rings. The average Bonchev–Trinajstić information content (AvgIpc) is 2.67. The second kappa shape index (κ2) is 8.31. The Kier molecular flexibility index (Phi) is 7.03. The Morgan fingerprint density at radius 3 is 2.43 bits per heavy atom. The van der Waals surface area contributed by atoms with Crippen LogP contribution in [0.15, 0.2) is 0 Å². The number of rotatable bonds is 9. The Balaban J connectivity index is 2.59. The molecule has 0 saturated carbocycles. The summed E-state index contributed by atoms with van der Waals surface area (Å²) in [5.41, 5.74) is -0.880. The summed E-state index contributed by atoms with van der Waals surface area (Å²) in [5, 5.41) is 5.57. The molecule has 132 valence electrons. The molecule has 1 rings (SSSR count). The molecule has 2 atom stereocenters. The molecule has 6 nitrogen and oxygen atoms in total. The van der Waals surface area contributed by atoms with E-state index in [1.807, 2.05) is 20.8 Å². The van der Waals surface area contributed by atoms with Crippen molar-refractivity contribution >= 4 is 17.8 Å². The van der Waals surface area contributed by atoms with Gasteiger partial charge in [-0.1, -0.05) is 46.5 Å². The van der Waals surface area contributed by atoms with E-state index < -0.39 is 11.6 Å². The Labute approximate surface area is 139 Å². The molecule has 4 amide bonds. The molecule has 1 heterocycles. The van der Waals surface area contributed by atoms with E-state index in [1.165, 1.54) is 0 Å². The number of hydrogen-bond acceptors (Lipinski definition) is 3. The van der Waals surface area contributed by atoms with Crippen LogP contribution in [0.3, 0.4) is 0 Å². The smallest absolute Gasteiger partial charge is 0.325 e. The van der Waals surface area contributed by atoms with E-state index in [0.29, 0.717) is 12.3 Å². The summed E-state index contributed by atoms with van der Waals surface area (Å²) in [5.74, 6) is -0.304. The molecule has 0 aliphatic carbocycles. The summed E-state index contributed by atoms with van der Waals surface area (Å²) < 4.78 is 0. The minimum Gasteiger partial charge on any atom is -0.352 e. The van der Waals surface area contributed by atoms with Gasteiger partial charge in [0.1, 0.15) is 12.1 Å². The number of hydrogen-bond donors (Lipinski definition) is 2. The van der Waals surface area contributed by atoms with Gasteiger partial charge in [-0.3, -0.25) is 14.5 Å². The Morgan fingerprint density at radius 2 is 1.87 bits per heavy atom. The molecule has 0 aromatic rings. The van der Waals surface area contributed by atoms with Crippen molar-refractivity contribution in [2.45, 2.75) is 78.3 Å². The highest BCUT2D eigenvalue weighted by molar-refractivity contribution is 6.08. The largest absolute Gasteiger partial charge is 0.352 e. The lowest BCUT2D eigenvalue weighted by Gasteiger charge is -2.22. The summed E-state index contributed by atoms with van der Waals surface area (Å²) in [7, 11) is 0. The maximum absolute atomic E-state index is 12.5. The van der Waals surface area contributed by atoms with Crippen LogP contribution in [0.4, 0.5) is 4.79 Å². The summed E-state index contributed by atoms with van der Waals surface area (Å²) in [4.78, 5) is 37.6. The third-order valence-corrected chi connectivity index (χ3v) is 4.57. The number of imide groups is 1. The first-order chi connectivity index (χ1) is 10.7. The van der Waals surface area contributed by atoms with Gasteiger partial charge in [0, 0.05) is 6.04 Å². The van der Waals surface area contributed by atoms with Gasteiger partial charge in [0.25, 0.3) is 5.91 Å². The van der Waals surface area contributed by atoms with Crippen LogP contribution >= 0.6 is 0 Å². The Morgan fingerprint density at radius 1 is 1.22 bits per heavy atom. The van der Waals surface area contributed by atoms with Crippen molar-refractivity contribution in [3.05, 3.63) is 0 Å². The molecule has 0 radical (unpaired) electrons. The van der Waals surface area contributed by atoms with E-state index >= 15 is 0 Å². The molecule has 23 heavy (non-hydrogen) atoms. The van der Waals surface area contributed by atoms with Crippen molar-refractivity contribution in [3.8, 4) is 0 Å². The molecular weight excluding hydrogens is 294 g/mol. The molecule has 0 aromatic heterocycles. The average molecular weight is 325 g/mol. The zero-order chi connectivity index (χ0) is 17.6. The lowest BCUT2D eigenvalue weighted by Crippen LogP contribution is -2.46. The predicted octanol–water partition coefficient (Wildman–Crippen LogP) is 2.43. The van der Waals surface area contributed by atoms with Crippen LogP contribution in [0, 0.1) is 5.92 Å². The number of nitrogens with zero attached hydrogens (tertiary/aromatic N) is 1. The zero-order valence-electron chi connectivity index (χ0n) is 15.1. The van der Waals surface area contributed by atoms with Crippen LogP contribution in [0.1, 0.15) is 66.7 Å². The van der Waals surface area contributed by atoms with Gasteiger partial charge in [0.15, 0.2) is 0 Å². The second-order valence-corrected chi connectivity index (χ2v) is 7.06. The zero-order valence-corrected chi connectivity index (χ0v) is 15.1. The van der Waals surface area contributed by atoms with E-state index in [-0.39, 0.29) is 24.4 Å². The highest BCUT2D eigenvalue weighted by atomic mass is 16.2. The molecule has 0 aromatic carbocycles. The number of carbonyl (C=O) groups is 3. The van der Waals surface area contributed by atoms with E-state index in [4.69, 9.17) is 0 Å². The maximum Gasteiger partial charge on any atom is 0.325 e. The van der Waals surface area contributed by atoms with Crippen LogP contribution in [0.2, 0.25) is 0 Å². The number of amides is 4. The molecule has 2 unspecified atom stereocenters. The van der Waals surface area contributed by atoms with E-state index in [0.717, 1.165) is 30.6 Å². The van der Waals surface area contributed by atoms with Crippen molar-refractivity contribution in [3.63, 3.8) is 0 Å². The first-order valence-electron chi connectivity index (χ1n) is 8.64. The van der Waals surface area contributed by atoms with E-state index in [2.05, 4.69) is 17.6 Å². The SMILES string of the molecule is CCCCCCC1(C)NC(=O)N(CC(=O)NC(C)C(C)C)C1=O. The number of nitrogens with one attached hydrogen (secondary N) is 2. The summed E-state index contributed by atoms with van der Waals surface area (Å²) in [6, 6.07) is -0.468. The van der Waals surface area contributed by atoms with Crippen LogP contribution in [0.5, 0.6) is 0 Å². The minimum absolute atomic E-state index is 0.00342. The third-order valence-electron chi connectivity index (χ3n) is 4.57.